The summed E-state index contributed by atoms with van der Waals surface area (Å²) >= 11 is 0. The van der Waals surface area contributed by atoms with Gasteiger partial charge in [0.05, 0.1) is 19.3 Å². The van der Waals surface area contributed by atoms with Crippen LogP contribution >= 0.6 is 0 Å². The van der Waals surface area contributed by atoms with Crippen molar-refractivity contribution in [2.75, 3.05) is 32.9 Å². The van der Waals surface area contributed by atoms with Crippen LogP contribution in [0.25, 0.3) is 0 Å². The molecule has 0 radical (unpaired) electrons. The Morgan fingerprint density at radius 3 is 2.65 bits per heavy atom. The second-order valence-electron chi connectivity index (χ2n) is 4.09. The SMILES string of the molecule is CC=CC(=O)N1CCC(OCCOCC)CC1. The number of piperidine rings is 1. The lowest BCUT2D eigenvalue weighted by Gasteiger charge is -2.31. The van der Waals surface area contributed by atoms with Crippen LogP contribution in [0.5, 0.6) is 0 Å². The Balaban J connectivity index is 2.15. The predicted molar refractivity (Wildman–Crippen MR) is 66.9 cm³/mol. The lowest BCUT2D eigenvalue weighted by atomic mass is 10.1. The Labute approximate surface area is 104 Å². The quantitative estimate of drug-likeness (QED) is 0.524. The predicted octanol–water partition coefficient (Wildman–Crippen LogP) is 1.61. The molecule has 0 bridgehead atoms. The van der Waals surface area contributed by atoms with Crippen molar-refractivity contribution in [2.24, 2.45) is 0 Å². The minimum Gasteiger partial charge on any atom is -0.379 e. The van der Waals surface area contributed by atoms with Gasteiger partial charge in [-0.15, -0.1) is 0 Å². The molecule has 1 heterocycles. The molecule has 1 amide bonds. The largest absolute Gasteiger partial charge is 0.379 e. The number of nitrogens with zero attached hydrogens (tertiary/aromatic N) is 1. The van der Waals surface area contributed by atoms with E-state index in [1.165, 1.54) is 0 Å². The third-order valence-corrected chi connectivity index (χ3v) is 2.85. The summed E-state index contributed by atoms with van der Waals surface area (Å²) in [5.41, 5.74) is 0. The van der Waals surface area contributed by atoms with Crippen molar-refractivity contribution in [1.82, 2.24) is 4.90 Å². The lowest BCUT2D eigenvalue weighted by Crippen LogP contribution is -2.40. The van der Waals surface area contributed by atoms with Gasteiger partial charge in [-0.05, 0) is 32.8 Å². The summed E-state index contributed by atoms with van der Waals surface area (Å²) in [7, 11) is 0. The highest BCUT2D eigenvalue weighted by atomic mass is 16.5. The summed E-state index contributed by atoms with van der Waals surface area (Å²) in [5.74, 6) is 0.111. The van der Waals surface area contributed by atoms with Gasteiger partial charge >= 0.3 is 0 Å². The van der Waals surface area contributed by atoms with E-state index < -0.39 is 0 Å². The maximum absolute atomic E-state index is 11.6. The minimum absolute atomic E-state index is 0.111. The molecule has 4 heteroatoms. The Morgan fingerprint density at radius 1 is 1.35 bits per heavy atom. The molecular weight excluding hydrogens is 218 g/mol. The maximum atomic E-state index is 11.6. The van der Waals surface area contributed by atoms with E-state index in [-0.39, 0.29) is 12.0 Å². The number of hydrogen-bond donors (Lipinski definition) is 0. The van der Waals surface area contributed by atoms with E-state index in [0.29, 0.717) is 13.2 Å². The summed E-state index contributed by atoms with van der Waals surface area (Å²) in [6.07, 6.45) is 5.54. The van der Waals surface area contributed by atoms with Gasteiger partial charge in [-0.1, -0.05) is 6.08 Å². The number of amides is 1. The Hall–Kier alpha value is -0.870. The van der Waals surface area contributed by atoms with Gasteiger partial charge in [-0.2, -0.15) is 0 Å². The molecule has 1 aliphatic rings. The third-order valence-electron chi connectivity index (χ3n) is 2.85. The molecule has 0 atom stereocenters. The van der Waals surface area contributed by atoms with Crippen molar-refractivity contribution in [3.05, 3.63) is 12.2 Å². The molecule has 98 valence electrons. The summed E-state index contributed by atoms with van der Waals surface area (Å²) in [6.45, 7) is 7.48. The van der Waals surface area contributed by atoms with E-state index in [9.17, 15) is 4.79 Å². The summed E-state index contributed by atoms with van der Waals surface area (Å²) in [6, 6.07) is 0. The lowest BCUT2D eigenvalue weighted by molar-refractivity contribution is -0.128. The molecule has 0 N–H and O–H groups in total. The molecule has 1 aliphatic heterocycles. The Kier molecular flexibility index (Phi) is 6.89. The highest BCUT2D eigenvalue weighted by molar-refractivity contribution is 5.87. The fourth-order valence-electron chi connectivity index (χ4n) is 1.91. The van der Waals surface area contributed by atoms with Crippen molar-refractivity contribution in [3.63, 3.8) is 0 Å². The number of allylic oxidation sites excluding steroid dienone is 1. The molecule has 4 nitrogen and oxygen atoms in total. The smallest absolute Gasteiger partial charge is 0.246 e. The van der Waals surface area contributed by atoms with Crippen molar-refractivity contribution in [2.45, 2.75) is 32.8 Å². The van der Waals surface area contributed by atoms with Crippen molar-refractivity contribution >= 4 is 5.91 Å². The molecule has 1 saturated heterocycles. The standard InChI is InChI=1S/C13H23NO3/c1-3-5-13(15)14-8-6-12(7-9-14)17-11-10-16-4-2/h3,5,12H,4,6-11H2,1-2H3. The van der Waals surface area contributed by atoms with Gasteiger partial charge in [-0.3, -0.25) is 4.79 Å². The van der Waals surface area contributed by atoms with Gasteiger partial charge in [0.1, 0.15) is 0 Å². The Bertz CT molecular complexity index is 245. The van der Waals surface area contributed by atoms with Crippen molar-refractivity contribution in [1.29, 1.82) is 0 Å². The molecule has 1 fully saturated rings. The number of carbonyl (C=O) groups excluding carboxylic acids is 1. The van der Waals surface area contributed by atoms with Gasteiger partial charge < -0.3 is 14.4 Å². The minimum atomic E-state index is 0.111. The van der Waals surface area contributed by atoms with Gasteiger partial charge in [0.15, 0.2) is 0 Å². The first-order chi connectivity index (χ1) is 8.27. The van der Waals surface area contributed by atoms with Crippen LogP contribution in [0.3, 0.4) is 0 Å². The van der Waals surface area contributed by atoms with E-state index in [1.807, 2.05) is 18.7 Å². The van der Waals surface area contributed by atoms with Gasteiger partial charge in [0, 0.05) is 19.7 Å². The first-order valence-corrected chi connectivity index (χ1v) is 6.38. The van der Waals surface area contributed by atoms with Crippen molar-refractivity contribution < 1.29 is 14.3 Å². The zero-order valence-corrected chi connectivity index (χ0v) is 10.9. The van der Waals surface area contributed by atoms with Crippen LogP contribution in [0.2, 0.25) is 0 Å². The third kappa shape index (κ3) is 5.33. The molecule has 0 aromatic heterocycles. The van der Waals surface area contributed by atoms with Gasteiger partial charge in [-0.25, -0.2) is 0 Å². The van der Waals surface area contributed by atoms with Crippen LogP contribution in [0.4, 0.5) is 0 Å². The number of rotatable bonds is 6. The first kappa shape index (κ1) is 14.2. The normalized spacial score (nSPS) is 17.9. The average molecular weight is 241 g/mol. The zero-order valence-electron chi connectivity index (χ0n) is 10.9. The van der Waals surface area contributed by atoms with E-state index >= 15 is 0 Å². The van der Waals surface area contributed by atoms with Crippen LogP contribution in [0.15, 0.2) is 12.2 Å². The van der Waals surface area contributed by atoms with Crippen molar-refractivity contribution in [3.8, 4) is 0 Å². The molecule has 0 aliphatic carbocycles. The molecule has 0 unspecified atom stereocenters. The first-order valence-electron chi connectivity index (χ1n) is 6.38. The highest BCUT2D eigenvalue weighted by Gasteiger charge is 2.21. The van der Waals surface area contributed by atoms with E-state index in [0.717, 1.165) is 32.5 Å². The number of likely N-dealkylation sites (tertiary alicyclic amines) is 1. The molecular formula is C13H23NO3. The van der Waals surface area contributed by atoms with Crippen LogP contribution < -0.4 is 0 Å². The monoisotopic (exact) mass is 241 g/mol. The summed E-state index contributed by atoms with van der Waals surface area (Å²) in [4.78, 5) is 13.5. The fraction of sp³-hybridized carbons (Fsp3) is 0.769. The molecule has 0 spiro atoms. The fourth-order valence-corrected chi connectivity index (χ4v) is 1.91. The second kappa shape index (κ2) is 8.25. The molecule has 0 aromatic rings. The van der Waals surface area contributed by atoms with Gasteiger partial charge in [0.25, 0.3) is 0 Å². The number of hydrogen-bond acceptors (Lipinski definition) is 3. The molecule has 0 saturated carbocycles. The topological polar surface area (TPSA) is 38.8 Å². The number of carbonyl (C=O) groups is 1. The van der Waals surface area contributed by atoms with E-state index in [1.54, 1.807) is 12.2 Å². The van der Waals surface area contributed by atoms with Gasteiger partial charge in [0.2, 0.25) is 5.91 Å². The average Bonchev–Trinajstić information content (AvgIpc) is 2.36. The Morgan fingerprint density at radius 2 is 2.06 bits per heavy atom. The maximum Gasteiger partial charge on any atom is 0.246 e. The van der Waals surface area contributed by atoms with E-state index in [4.69, 9.17) is 9.47 Å². The summed E-state index contributed by atoms with van der Waals surface area (Å²) < 4.78 is 10.9. The number of ether oxygens (including phenoxy) is 2. The van der Waals surface area contributed by atoms with E-state index in [2.05, 4.69) is 0 Å². The molecule has 17 heavy (non-hydrogen) atoms. The molecule has 1 rings (SSSR count). The van der Waals surface area contributed by atoms with Crippen LogP contribution in [0.1, 0.15) is 26.7 Å². The molecule has 0 aromatic carbocycles. The second-order valence-corrected chi connectivity index (χ2v) is 4.09. The van der Waals surface area contributed by atoms with Crippen LogP contribution in [-0.2, 0) is 14.3 Å². The summed E-state index contributed by atoms with van der Waals surface area (Å²) in [5, 5.41) is 0. The zero-order chi connectivity index (χ0) is 12.5. The van der Waals surface area contributed by atoms with Crippen LogP contribution in [0, 0.1) is 0 Å². The van der Waals surface area contributed by atoms with Crippen LogP contribution in [-0.4, -0.2) is 49.8 Å². The highest BCUT2D eigenvalue weighted by Crippen LogP contribution is 2.13.